The molecule has 0 atom stereocenters. The van der Waals surface area contributed by atoms with Crippen molar-refractivity contribution in [2.24, 2.45) is 16.3 Å². The summed E-state index contributed by atoms with van der Waals surface area (Å²) in [6.07, 6.45) is 16.4. The SMILES string of the molecule is NNC(=NC1CCCCC1)N1CCC2(CCCCC2)CC1. The van der Waals surface area contributed by atoms with Crippen molar-refractivity contribution in [3.05, 3.63) is 0 Å². The van der Waals surface area contributed by atoms with Crippen molar-refractivity contribution < 1.29 is 0 Å². The second-order valence-corrected chi connectivity index (χ2v) is 7.44. The lowest BCUT2D eigenvalue weighted by atomic mass is 9.68. The Morgan fingerprint density at radius 1 is 0.905 bits per heavy atom. The smallest absolute Gasteiger partial charge is 0.208 e. The first-order valence-corrected chi connectivity index (χ1v) is 9.11. The van der Waals surface area contributed by atoms with Gasteiger partial charge in [-0.15, -0.1) is 0 Å². The first-order chi connectivity index (χ1) is 10.3. The number of hydrogen-bond acceptors (Lipinski definition) is 2. The van der Waals surface area contributed by atoms with Gasteiger partial charge in [-0.3, -0.25) is 5.43 Å². The molecule has 0 radical (unpaired) electrons. The van der Waals surface area contributed by atoms with E-state index in [1.165, 1.54) is 77.0 Å². The van der Waals surface area contributed by atoms with Crippen LogP contribution in [0.15, 0.2) is 4.99 Å². The molecule has 0 aromatic carbocycles. The predicted octanol–water partition coefficient (Wildman–Crippen LogP) is 3.18. The third-order valence-electron chi connectivity index (χ3n) is 6.05. The second-order valence-electron chi connectivity index (χ2n) is 7.44. The van der Waals surface area contributed by atoms with Crippen LogP contribution >= 0.6 is 0 Å². The van der Waals surface area contributed by atoms with Gasteiger partial charge in [0.05, 0.1) is 6.04 Å². The maximum absolute atomic E-state index is 5.77. The Labute approximate surface area is 129 Å². The van der Waals surface area contributed by atoms with Crippen molar-refractivity contribution in [2.45, 2.75) is 83.1 Å². The fraction of sp³-hybridized carbons (Fsp3) is 0.941. The van der Waals surface area contributed by atoms with Gasteiger partial charge in [0.15, 0.2) is 0 Å². The molecule has 2 saturated carbocycles. The van der Waals surface area contributed by atoms with Crippen LogP contribution in [-0.2, 0) is 0 Å². The van der Waals surface area contributed by atoms with Gasteiger partial charge in [0.25, 0.3) is 0 Å². The van der Waals surface area contributed by atoms with Gasteiger partial charge in [0.2, 0.25) is 5.96 Å². The molecule has 0 unspecified atom stereocenters. The van der Waals surface area contributed by atoms with Crippen LogP contribution < -0.4 is 11.3 Å². The lowest BCUT2D eigenvalue weighted by Crippen LogP contribution is -2.51. The highest BCUT2D eigenvalue weighted by Gasteiger charge is 2.36. The van der Waals surface area contributed by atoms with Crippen LogP contribution in [0.4, 0.5) is 0 Å². The van der Waals surface area contributed by atoms with Crippen molar-refractivity contribution in [1.29, 1.82) is 0 Å². The molecule has 0 bridgehead atoms. The normalized spacial score (nSPS) is 27.9. The lowest BCUT2D eigenvalue weighted by Gasteiger charge is -2.45. The third-order valence-corrected chi connectivity index (χ3v) is 6.05. The highest BCUT2D eigenvalue weighted by atomic mass is 15.4. The topological polar surface area (TPSA) is 53.6 Å². The first kappa shape index (κ1) is 15.1. The van der Waals surface area contributed by atoms with Crippen LogP contribution in [0.25, 0.3) is 0 Å². The van der Waals surface area contributed by atoms with Crippen molar-refractivity contribution >= 4 is 5.96 Å². The van der Waals surface area contributed by atoms with Crippen LogP contribution in [0.1, 0.15) is 77.0 Å². The molecule has 3 N–H and O–H groups in total. The molecule has 1 aliphatic heterocycles. The number of nitrogens with zero attached hydrogens (tertiary/aromatic N) is 2. The molecule has 0 aromatic heterocycles. The maximum atomic E-state index is 5.77. The molecule has 3 aliphatic rings. The molecule has 120 valence electrons. The number of guanidine groups is 1. The van der Waals surface area contributed by atoms with E-state index in [1.807, 2.05) is 0 Å². The van der Waals surface area contributed by atoms with Crippen LogP contribution in [0.3, 0.4) is 0 Å². The van der Waals surface area contributed by atoms with Crippen molar-refractivity contribution in [1.82, 2.24) is 10.3 Å². The summed E-state index contributed by atoms with van der Waals surface area (Å²) in [6.45, 7) is 2.27. The summed E-state index contributed by atoms with van der Waals surface area (Å²) in [6, 6.07) is 0.496. The summed E-state index contributed by atoms with van der Waals surface area (Å²) >= 11 is 0. The molecule has 21 heavy (non-hydrogen) atoms. The Balaban J connectivity index is 1.57. The zero-order chi connectivity index (χ0) is 14.5. The molecule has 4 heteroatoms. The van der Waals surface area contributed by atoms with Crippen LogP contribution in [-0.4, -0.2) is 30.0 Å². The lowest BCUT2D eigenvalue weighted by molar-refractivity contribution is 0.0960. The number of hydrogen-bond donors (Lipinski definition) is 2. The maximum Gasteiger partial charge on any atom is 0.208 e. The van der Waals surface area contributed by atoms with Gasteiger partial charge in [-0.25, -0.2) is 10.8 Å². The number of nitrogens with one attached hydrogen (secondary N) is 1. The van der Waals surface area contributed by atoms with Gasteiger partial charge >= 0.3 is 0 Å². The van der Waals surface area contributed by atoms with Gasteiger partial charge in [0, 0.05) is 13.1 Å². The van der Waals surface area contributed by atoms with Gasteiger partial charge < -0.3 is 4.90 Å². The van der Waals surface area contributed by atoms with Crippen molar-refractivity contribution in [3.8, 4) is 0 Å². The summed E-state index contributed by atoms with van der Waals surface area (Å²) in [5.41, 5.74) is 3.54. The summed E-state index contributed by atoms with van der Waals surface area (Å²) in [7, 11) is 0. The van der Waals surface area contributed by atoms with E-state index in [1.54, 1.807) is 0 Å². The average molecular weight is 292 g/mol. The van der Waals surface area contributed by atoms with E-state index in [9.17, 15) is 0 Å². The Morgan fingerprint density at radius 2 is 1.52 bits per heavy atom. The second kappa shape index (κ2) is 6.99. The van der Waals surface area contributed by atoms with E-state index < -0.39 is 0 Å². The summed E-state index contributed by atoms with van der Waals surface area (Å²) in [5.74, 6) is 6.72. The van der Waals surface area contributed by atoms with Crippen LogP contribution in [0.5, 0.6) is 0 Å². The Morgan fingerprint density at radius 3 is 2.14 bits per heavy atom. The van der Waals surface area contributed by atoms with Gasteiger partial charge in [-0.1, -0.05) is 38.5 Å². The van der Waals surface area contributed by atoms with Crippen molar-refractivity contribution in [2.75, 3.05) is 13.1 Å². The molecule has 1 heterocycles. The van der Waals surface area contributed by atoms with E-state index in [0.717, 1.165) is 19.0 Å². The zero-order valence-corrected chi connectivity index (χ0v) is 13.4. The summed E-state index contributed by atoms with van der Waals surface area (Å²) in [4.78, 5) is 7.32. The number of likely N-dealkylation sites (tertiary alicyclic amines) is 1. The minimum atomic E-state index is 0.496. The zero-order valence-electron chi connectivity index (χ0n) is 13.4. The summed E-state index contributed by atoms with van der Waals surface area (Å²) < 4.78 is 0. The molecule has 0 aromatic rings. The number of nitrogens with two attached hydrogens (primary N) is 1. The first-order valence-electron chi connectivity index (χ1n) is 9.11. The minimum Gasteiger partial charge on any atom is -0.342 e. The predicted molar refractivity (Wildman–Crippen MR) is 88.0 cm³/mol. The monoisotopic (exact) mass is 292 g/mol. The van der Waals surface area contributed by atoms with E-state index in [0.29, 0.717) is 11.5 Å². The minimum absolute atomic E-state index is 0.496. The van der Waals surface area contributed by atoms with Gasteiger partial charge in [0.1, 0.15) is 0 Å². The number of aliphatic imine (C=N–C) groups is 1. The quantitative estimate of drug-likeness (QED) is 0.338. The largest absolute Gasteiger partial charge is 0.342 e. The van der Waals surface area contributed by atoms with Gasteiger partial charge in [-0.2, -0.15) is 0 Å². The highest BCUT2D eigenvalue weighted by molar-refractivity contribution is 5.79. The third kappa shape index (κ3) is 3.71. The molecule has 4 nitrogen and oxygen atoms in total. The number of rotatable bonds is 1. The van der Waals surface area contributed by atoms with E-state index in [-0.39, 0.29) is 0 Å². The van der Waals surface area contributed by atoms with Crippen molar-refractivity contribution in [3.63, 3.8) is 0 Å². The molecular weight excluding hydrogens is 260 g/mol. The Hall–Kier alpha value is -0.770. The molecular formula is C17H32N4. The number of hydrazine groups is 1. The molecule has 2 aliphatic carbocycles. The molecule has 1 saturated heterocycles. The van der Waals surface area contributed by atoms with E-state index in [4.69, 9.17) is 10.8 Å². The standard InChI is InChI=1S/C17H32N4/c18-20-16(19-15-7-3-1-4-8-15)21-13-11-17(12-14-21)9-5-2-6-10-17/h15H,1-14,18H2,(H,19,20). The molecule has 3 rings (SSSR count). The Kier molecular flexibility index (Phi) is 5.04. The average Bonchev–Trinajstić information content (AvgIpc) is 2.55. The summed E-state index contributed by atoms with van der Waals surface area (Å²) in [5, 5.41) is 0. The van der Waals surface area contributed by atoms with E-state index >= 15 is 0 Å². The molecule has 1 spiro atoms. The fourth-order valence-electron chi connectivity index (χ4n) is 4.59. The van der Waals surface area contributed by atoms with Crippen LogP contribution in [0, 0.1) is 5.41 Å². The molecule has 0 amide bonds. The molecule has 3 fully saturated rings. The fourth-order valence-corrected chi connectivity index (χ4v) is 4.59. The highest BCUT2D eigenvalue weighted by Crippen LogP contribution is 2.44. The van der Waals surface area contributed by atoms with E-state index in [2.05, 4.69) is 10.3 Å². The van der Waals surface area contributed by atoms with Gasteiger partial charge in [-0.05, 0) is 43.9 Å². The Bertz CT molecular complexity index is 344. The number of piperidine rings is 1. The van der Waals surface area contributed by atoms with Crippen LogP contribution in [0.2, 0.25) is 0 Å².